The molecule has 1 heterocycles. The molecule has 2 N–H and O–H groups in total. The number of amides is 1. The molecule has 0 spiro atoms. The molecule has 0 aromatic heterocycles. The highest BCUT2D eigenvalue weighted by Crippen LogP contribution is 2.39. The minimum absolute atomic E-state index is 0.0614. The second-order valence-electron chi connectivity index (χ2n) is 8.11. The zero-order valence-corrected chi connectivity index (χ0v) is 15.6. The number of hydrogen-bond donors (Lipinski definition) is 1. The summed E-state index contributed by atoms with van der Waals surface area (Å²) < 4.78 is 0. The first-order valence-corrected chi connectivity index (χ1v) is 9.84. The fraction of sp³-hybridized carbons (Fsp3) is 0.667. The van der Waals surface area contributed by atoms with Gasteiger partial charge in [-0.1, -0.05) is 49.6 Å². The van der Waals surface area contributed by atoms with E-state index in [4.69, 9.17) is 5.73 Å². The molecule has 1 saturated heterocycles. The van der Waals surface area contributed by atoms with Crippen LogP contribution in [-0.4, -0.2) is 48.4 Å². The number of carbonyl (C=O) groups is 1. The Balaban J connectivity index is 1.52. The highest BCUT2D eigenvalue weighted by Gasteiger charge is 2.36. The standard InChI is InChI=1S/C21H33N3O/c1-23(20(25)14-21(17-22)11-6-3-7-12-21)19-10-13-24(16-19)15-18-8-4-2-5-9-18/h2,4-5,8-9,19H,3,6-7,10-17,22H2,1H3. The number of benzene rings is 1. The average Bonchev–Trinajstić information content (AvgIpc) is 3.11. The molecule has 1 amide bonds. The summed E-state index contributed by atoms with van der Waals surface area (Å²) in [6.45, 7) is 3.68. The molecule has 2 aliphatic rings. The lowest BCUT2D eigenvalue weighted by molar-refractivity contribution is -0.134. The van der Waals surface area contributed by atoms with Crippen LogP contribution in [0.15, 0.2) is 30.3 Å². The van der Waals surface area contributed by atoms with Crippen LogP contribution in [0, 0.1) is 5.41 Å². The smallest absolute Gasteiger partial charge is 0.223 e. The molecule has 3 rings (SSSR count). The van der Waals surface area contributed by atoms with E-state index in [2.05, 4.69) is 35.2 Å². The van der Waals surface area contributed by atoms with Crippen LogP contribution >= 0.6 is 0 Å². The van der Waals surface area contributed by atoms with Crippen molar-refractivity contribution < 1.29 is 4.79 Å². The quantitative estimate of drug-likeness (QED) is 0.864. The lowest BCUT2D eigenvalue weighted by atomic mass is 9.71. The van der Waals surface area contributed by atoms with Crippen molar-refractivity contribution in [3.8, 4) is 0 Å². The van der Waals surface area contributed by atoms with E-state index in [-0.39, 0.29) is 5.41 Å². The van der Waals surface area contributed by atoms with Crippen LogP contribution in [0.1, 0.15) is 50.5 Å². The molecule has 25 heavy (non-hydrogen) atoms. The van der Waals surface area contributed by atoms with Gasteiger partial charge in [0.2, 0.25) is 5.91 Å². The van der Waals surface area contributed by atoms with Gasteiger partial charge in [0.05, 0.1) is 0 Å². The highest BCUT2D eigenvalue weighted by molar-refractivity contribution is 5.77. The summed E-state index contributed by atoms with van der Waals surface area (Å²) in [6.07, 6.45) is 7.69. The van der Waals surface area contributed by atoms with Crippen molar-refractivity contribution in [3.05, 3.63) is 35.9 Å². The Kier molecular flexibility index (Phi) is 6.13. The lowest BCUT2D eigenvalue weighted by Crippen LogP contribution is -2.43. The first-order valence-electron chi connectivity index (χ1n) is 9.84. The van der Waals surface area contributed by atoms with E-state index < -0.39 is 0 Å². The summed E-state index contributed by atoms with van der Waals surface area (Å²) in [5.74, 6) is 0.291. The molecule has 1 aliphatic carbocycles. The molecule has 4 nitrogen and oxygen atoms in total. The first-order chi connectivity index (χ1) is 12.1. The van der Waals surface area contributed by atoms with E-state index in [0.29, 0.717) is 24.9 Å². The number of likely N-dealkylation sites (N-methyl/N-ethyl adjacent to an activating group) is 1. The monoisotopic (exact) mass is 343 g/mol. The number of carbonyl (C=O) groups excluding carboxylic acids is 1. The van der Waals surface area contributed by atoms with Crippen LogP contribution in [0.5, 0.6) is 0 Å². The Hall–Kier alpha value is -1.39. The van der Waals surface area contributed by atoms with Gasteiger partial charge >= 0.3 is 0 Å². The molecule has 0 bridgehead atoms. The van der Waals surface area contributed by atoms with Crippen LogP contribution in [0.3, 0.4) is 0 Å². The van der Waals surface area contributed by atoms with Gasteiger partial charge in [-0.05, 0) is 36.8 Å². The Morgan fingerprint density at radius 2 is 1.96 bits per heavy atom. The van der Waals surface area contributed by atoms with Crippen molar-refractivity contribution in [2.45, 2.75) is 57.5 Å². The molecule has 2 fully saturated rings. The lowest BCUT2D eigenvalue weighted by Gasteiger charge is -2.37. The van der Waals surface area contributed by atoms with E-state index >= 15 is 0 Å². The van der Waals surface area contributed by atoms with Crippen molar-refractivity contribution >= 4 is 5.91 Å². The van der Waals surface area contributed by atoms with Gasteiger partial charge in [-0.15, -0.1) is 0 Å². The molecule has 1 unspecified atom stereocenters. The zero-order valence-electron chi connectivity index (χ0n) is 15.6. The van der Waals surface area contributed by atoms with E-state index in [1.54, 1.807) is 0 Å². The van der Waals surface area contributed by atoms with Gasteiger partial charge < -0.3 is 10.6 Å². The average molecular weight is 344 g/mol. The Bertz CT molecular complexity index is 554. The van der Waals surface area contributed by atoms with Crippen LogP contribution in [0.25, 0.3) is 0 Å². The Morgan fingerprint density at radius 3 is 2.64 bits per heavy atom. The molecule has 0 radical (unpaired) electrons. The predicted molar refractivity (Wildman–Crippen MR) is 102 cm³/mol. The fourth-order valence-electron chi connectivity index (χ4n) is 4.52. The summed E-state index contributed by atoms with van der Waals surface area (Å²) in [5, 5.41) is 0. The SMILES string of the molecule is CN(C(=O)CC1(CN)CCCCC1)C1CCN(Cc2ccccc2)C1. The summed E-state index contributed by atoms with van der Waals surface area (Å²) in [4.78, 5) is 17.4. The van der Waals surface area contributed by atoms with E-state index in [1.165, 1.54) is 24.8 Å². The summed E-state index contributed by atoms with van der Waals surface area (Å²) in [6, 6.07) is 10.9. The van der Waals surface area contributed by atoms with Crippen molar-refractivity contribution in [1.29, 1.82) is 0 Å². The van der Waals surface area contributed by atoms with Crippen LogP contribution < -0.4 is 5.73 Å². The van der Waals surface area contributed by atoms with Crippen molar-refractivity contribution in [1.82, 2.24) is 9.80 Å². The van der Waals surface area contributed by atoms with Crippen molar-refractivity contribution in [2.75, 3.05) is 26.7 Å². The second kappa shape index (κ2) is 8.33. The van der Waals surface area contributed by atoms with Gasteiger partial charge in [0, 0.05) is 39.1 Å². The molecule has 1 atom stereocenters. The molecule has 138 valence electrons. The zero-order chi connectivity index (χ0) is 17.7. The van der Waals surface area contributed by atoms with Crippen LogP contribution in [0.2, 0.25) is 0 Å². The molecular formula is C21H33N3O. The molecule has 4 heteroatoms. The van der Waals surface area contributed by atoms with E-state index in [9.17, 15) is 4.79 Å². The number of rotatable bonds is 6. The topological polar surface area (TPSA) is 49.6 Å². The summed E-state index contributed by atoms with van der Waals surface area (Å²) in [7, 11) is 1.99. The van der Waals surface area contributed by atoms with Gasteiger partial charge in [-0.2, -0.15) is 0 Å². The minimum Gasteiger partial charge on any atom is -0.341 e. The minimum atomic E-state index is 0.0614. The third-order valence-electron chi connectivity index (χ3n) is 6.31. The van der Waals surface area contributed by atoms with Gasteiger partial charge in [0.15, 0.2) is 0 Å². The summed E-state index contributed by atoms with van der Waals surface area (Å²) >= 11 is 0. The number of nitrogens with two attached hydrogens (primary N) is 1. The van der Waals surface area contributed by atoms with Crippen LogP contribution in [-0.2, 0) is 11.3 Å². The predicted octanol–water partition coefficient (Wildman–Crippen LogP) is 3.02. The Labute approximate surface area is 152 Å². The number of nitrogens with zero attached hydrogens (tertiary/aromatic N) is 2. The number of hydrogen-bond acceptors (Lipinski definition) is 3. The number of likely N-dealkylation sites (tertiary alicyclic amines) is 1. The first kappa shape index (κ1) is 18.4. The Morgan fingerprint density at radius 1 is 1.24 bits per heavy atom. The van der Waals surface area contributed by atoms with E-state index in [1.807, 2.05) is 11.9 Å². The third-order valence-corrected chi connectivity index (χ3v) is 6.31. The molecule has 1 aromatic rings. The molecular weight excluding hydrogens is 310 g/mol. The normalized spacial score (nSPS) is 23.5. The van der Waals surface area contributed by atoms with Crippen molar-refractivity contribution in [3.63, 3.8) is 0 Å². The second-order valence-corrected chi connectivity index (χ2v) is 8.11. The third kappa shape index (κ3) is 4.62. The van der Waals surface area contributed by atoms with Crippen molar-refractivity contribution in [2.24, 2.45) is 11.1 Å². The molecule has 1 saturated carbocycles. The fourth-order valence-corrected chi connectivity index (χ4v) is 4.52. The van der Waals surface area contributed by atoms with Gasteiger partial charge in [-0.3, -0.25) is 9.69 Å². The molecule has 1 aliphatic heterocycles. The maximum Gasteiger partial charge on any atom is 0.223 e. The highest BCUT2D eigenvalue weighted by atomic mass is 16.2. The summed E-state index contributed by atoms with van der Waals surface area (Å²) in [5.41, 5.74) is 7.48. The molecule has 1 aromatic carbocycles. The maximum atomic E-state index is 12.9. The van der Waals surface area contributed by atoms with Gasteiger partial charge in [0.25, 0.3) is 0 Å². The largest absolute Gasteiger partial charge is 0.341 e. The maximum absolute atomic E-state index is 12.9. The van der Waals surface area contributed by atoms with Crippen LogP contribution in [0.4, 0.5) is 0 Å². The van der Waals surface area contributed by atoms with E-state index in [0.717, 1.165) is 38.9 Å². The van der Waals surface area contributed by atoms with Gasteiger partial charge in [0.1, 0.15) is 0 Å². The van der Waals surface area contributed by atoms with Gasteiger partial charge in [-0.25, -0.2) is 0 Å².